The van der Waals surface area contributed by atoms with Crippen molar-refractivity contribution < 1.29 is 4.79 Å². The molecular formula is C14H24BrN3O. The standard InChI is InChI=1S/C14H24BrN3O/c1-5-11(6-2)18(9-8-15)14(19)12-10-17(4)16-13(12)7-3/h10-11H,5-9H2,1-4H3. The van der Waals surface area contributed by atoms with Crippen LogP contribution in [0.25, 0.3) is 0 Å². The predicted molar refractivity (Wildman–Crippen MR) is 81.8 cm³/mol. The van der Waals surface area contributed by atoms with Gasteiger partial charge in [-0.25, -0.2) is 0 Å². The van der Waals surface area contributed by atoms with Gasteiger partial charge in [0.25, 0.3) is 5.91 Å². The third kappa shape index (κ3) is 3.81. The summed E-state index contributed by atoms with van der Waals surface area (Å²) < 4.78 is 1.73. The van der Waals surface area contributed by atoms with Gasteiger partial charge in [0.2, 0.25) is 0 Å². The van der Waals surface area contributed by atoms with Gasteiger partial charge in [-0.3, -0.25) is 9.48 Å². The fourth-order valence-corrected chi connectivity index (χ4v) is 2.78. The maximum absolute atomic E-state index is 12.7. The molecule has 1 aromatic heterocycles. The lowest BCUT2D eigenvalue weighted by Crippen LogP contribution is -2.41. The van der Waals surface area contributed by atoms with Crippen LogP contribution in [0.1, 0.15) is 49.7 Å². The van der Waals surface area contributed by atoms with Crippen LogP contribution in [0.2, 0.25) is 0 Å². The molecule has 1 amide bonds. The Morgan fingerprint density at radius 2 is 2.05 bits per heavy atom. The lowest BCUT2D eigenvalue weighted by Gasteiger charge is -2.30. The molecule has 1 aromatic rings. The Morgan fingerprint density at radius 1 is 1.42 bits per heavy atom. The topological polar surface area (TPSA) is 38.1 Å². The number of carbonyl (C=O) groups excluding carboxylic acids is 1. The van der Waals surface area contributed by atoms with E-state index < -0.39 is 0 Å². The molecule has 0 aliphatic carbocycles. The SMILES string of the molecule is CCc1nn(C)cc1C(=O)N(CCBr)C(CC)CC. The van der Waals surface area contributed by atoms with Gasteiger partial charge in [0, 0.05) is 31.2 Å². The van der Waals surface area contributed by atoms with Crippen LogP contribution >= 0.6 is 15.9 Å². The van der Waals surface area contributed by atoms with Crippen LogP contribution in [0.3, 0.4) is 0 Å². The molecule has 0 N–H and O–H groups in total. The highest BCUT2D eigenvalue weighted by atomic mass is 79.9. The van der Waals surface area contributed by atoms with Crippen LogP contribution in [0.15, 0.2) is 6.20 Å². The number of nitrogens with zero attached hydrogens (tertiary/aromatic N) is 3. The Labute approximate surface area is 124 Å². The smallest absolute Gasteiger partial charge is 0.257 e. The number of aromatic nitrogens is 2. The van der Waals surface area contributed by atoms with Gasteiger partial charge in [-0.1, -0.05) is 36.7 Å². The molecule has 19 heavy (non-hydrogen) atoms. The molecule has 0 saturated carbocycles. The normalized spacial score (nSPS) is 11.1. The van der Waals surface area contributed by atoms with Gasteiger partial charge in [-0.05, 0) is 19.3 Å². The molecule has 0 bridgehead atoms. The van der Waals surface area contributed by atoms with Gasteiger partial charge < -0.3 is 4.90 Å². The quantitative estimate of drug-likeness (QED) is 0.721. The molecule has 108 valence electrons. The highest BCUT2D eigenvalue weighted by Gasteiger charge is 2.25. The average Bonchev–Trinajstić information content (AvgIpc) is 2.79. The number of aryl methyl sites for hydroxylation is 2. The Kier molecular flexibility index (Phi) is 6.55. The van der Waals surface area contributed by atoms with Gasteiger partial charge in [-0.15, -0.1) is 0 Å². The summed E-state index contributed by atoms with van der Waals surface area (Å²) in [6.45, 7) is 7.04. The van der Waals surface area contributed by atoms with E-state index in [-0.39, 0.29) is 5.91 Å². The summed E-state index contributed by atoms with van der Waals surface area (Å²) in [6, 6.07) is 0.301. The van der Waals surface area contributed by atoms with E-state index >= 15 is 0 Å². The zero-order valence-electron chi connectivity index (χ0n) is 12.3. The van der Waals surface area contributed by atoms with E-state index in [1.54, 1.807) is 4.68 Å². The second kappa shape index (κ2) is 7.68. The van der Waals surface area contributed by atoms with Crippen molar-refractivity contribution in [2.24, 2.45) is 7.05 Å². The molecule has 0 aliphatic heterocycles. The number of halogens is 1. The number of rotatable bonds is 7. The minimum Gasteiger partial charge on any atom is -0.335 e. The Bertz CT molecular complexity index is 413. The largest absolute Gasteiger partial charge is 0.335 e. The molecule has 0 unspecified atom stereocenters. The second-order valence-electron chi connectivity index (χ2n) is 4.67. The third-order valence-electron chi connectivity index (χ3n) is 3.44. The van der Waals surface area contributed by atoms with E-state index in [0.29, 0.717) is 6.04 Å². The summed E-state index contributed by atoms with van der Waals surface area (Å²) in [5.41, 5.74) is 1.64. The maximum atomic E-state index is 12.7. The maximum Gasteiger partial charge on any atom is 0.257 e. The molecule has 1 rings (SSSR count). The minimum absolute atomic E-state index is 0.109. The van der Waals surface area contributed by atoms with Crippen molar-refractivity contribution in [1.29, 1.82) is 0 Å². The third-order valence-corrected chi connectivity index (χ3v) is 3.79. The van der Waals surface area contributed by atoms with Gasteiger partial charge in [0.1, 0.15) is 0 Å². The molecule has 0 saturated heterocycles. The molecule has 0 aliphatic rings. The van der Waals surface area contributed by atoms with Crippen molar-refractivity contribution in [2.45, 2.75) is 46.1 Å². The fourth-order valence-electron chi connectivity index (χ4n) is 2.40. The van der Waals surface area contributed by atoms with Gasteiger partial charge in [-0.2, -0.15) is 5.10 Å². The van der Waals surface area contributed by atoms with Crippen molar-refractivity contribution in [2.75, 3.05) is 11.9 Å². The lowest BCUT2D eigenvalue weighted by molar-refractivity contribution is 0.0682. The molecule has 0 aromatic carbocycles. The first-order chi connectivity index (χ1) is 9.08. The van der Waals surface area contributed by atoms with Crippen LogP contribution in [0, 0.1) is 0 Å². The Morgan fingerprint density at radius 3 is 2.53 bits per heavy atom. The van der Waals surface area contributed by atoms with Crippen LogP contribution in [-0.2, 0) is 13.5 Å². The number of hydrogen-bond acceptors (Lipinski definition) is 2. The first-order valence-electron chi connectivity index (χ1n) is 6.98. The van der Waals surface area contributed by atoms with Crippen molar-refractivity contribution in [1.82, 2.24) is 14.7 Å². The number of alkyl halides is 1. The van der Waals surface area contributed by atoms with E-state index in [1.165, 1.54) is 0 Å². The van der Waals surface area contributed by atoms with Gasteiger partial charge >= 0.3 is 0 Å². The molecule has 0 radical (unpaired) electrons. The fraction of sp³-hybridized carbons (Fsp3) is 0.714. The summed E-state index contributed by atoms with van der Waals surface area (Å²) in [4.78, 5) is 14.7. The van der Waals surface area contributed by atoms with E-state index in [2.05, 4.69) is 34.9 Å². The summed E-state index contributed by atoms with van der Waals surface area (Å²) in [5, 5.41) is 5.16. The van der Waals surface area contributed by atoms with E-state index in [1.807, 2.05) is 25.1 Å². The highest BCUT2D eigenvalue weighted by Crippen LogP contribution is 2.16. The van der Waals surface area contributed by atoms with E-state index in [0.717, 1.165) is 42.4 Å². The zero-order valence-corrected chi connectivity index (χ0v) is 13.9. The molecular weight excluding hydrogens is 306 g/mol. The molecule has 1 heterocycles. The van der Waals surface area contributed by atoms with Crippen LogP contribution in [-0.4, -0.2) is 38.5 Å². The van der Waals surface area contributed by atoms with Crippen molar-refractivity contribution in [3.63, 3.8) is 0 Å². The minimum atomic E-state index is 0.109. The molecule has 0 spiro atoms. The lowest BCUT2D eigenvalue weighted by atomic mass is 10.1. The van der Waals surface area contributed by atoms with E-state index in [9.17, 15) is 4.79 Å². The first-order valence-corrected chi connectivity index (χ1v) is 8.10. The van der Waals surface area contributed by atoms with Gasteiger partial charge in [0.15, 0.2) is 0 Å². The first kappa shape index (κ1) is 16.2. The van der Waals surface area contributed by atoms with Crippen LogP contribution < -0.4 is 0 Å². The zero-order chi connectivity index (χ0) is 14.4. The molecule has 5 heteroatoms. The summed E-state index contributed by atoms with van der Waals surface area (Å²) in [5.74, 6) is 0.109. The summed E-state index contributed by atoms with van der Waals surface area (Å²) >= 11 is 3.44. The molecule has 0 fully saturated rings. The van der Waals surface area contributed by atoms with E-state index in [4.69, 9.17) is 0 Å². The van der Waals surface area contributed by atoms with Crippen molar-refractivity contribution in [3.05, 3.63) is 17.5 Å². The monoisotopic (exact) mass is 329 g/mol. The molecule has 4 nitrogen and oxygen atoms in total. The number of hydrogen-bond donors (Lipinski definition) is 0. The van der Waals surface area contributed by atoms with Crippen LogP contribution in [0.4, 0.5) is 0 Å². The number of amides is 1. The average molecular weight is 330 g/mol. The number of carbonyl (C=O) groups is 1. The Hall–Kier alpha value is -0.840. The predicted octanol–water partition coefficient (Wildman–Crippen LogP) is 3.01. The highest BCUT2D eigenvalue weighted by molar-refractivity contribution is 9.09. The summed E-state index contributed by atoms with van der Waals surface area (Å²) in [7, 11) is 1.86. The van der Waals surface area contributed by atoms with Crippen molar-refractivity contribution in [3.8, 4) is 0 Å². The van der Waals surface area contributed by atoms with Gasteiger partial charge in [0.05, 0.1) is 11.3 Å². The summed E-state index contributed by atoms with van der Waals surface area (Å²) in [6.07, 6.45) is 4.59. The molecule has 0 atom stereocenters. The second-order valence-corrected chi connectivity index (χ2v) is 5.47. The Balaban J connectivity index is 3.04. The van der Waals surface area contributed by atoms with Crippen LogP contribution in [0.5, 0.6) is 0 Å². The van der Waals surface area contributed by atoms with Crippen molar-refractivity contribution >= 4 is 21.8 Å².